The molecule has 21 heavy (non-hydrogen) atoms. The SMILES string of the molecule is COC(C)CCC(=O)N1CCC(c2ccc(O)cc2)CC1. The second kappa shape index (κ2) is 7.46. The summed E-state index contributed by atoms with van der Waals surface area (Å²) in [5, 5.41) is 9.33. The van der Waals surface area contributed by atoms with E-state index in [1.54, 1.807) is 19.2 Å². The molecule has 1 N–H and O–H groups in total. The molecular weight excluding hydrogens is 266 g/mol. The number of amides is 1. The Bertz CT molecular complexity index is 450. The Morgan fingerprint density at radius 1 is 1.33 bits per heavy atom. The lowest BCUT2D eigenvalue weighted by atomic mass is 9.89. The van der Waals surface area contributed by atoms with Crippen LogP contribution in [-0.2, 0) is 9.53 Å². The van der Waals surface area contributed by atoms with E-state index in [9.17, 15) is 9.90 Å². The minimum atomic E-state index is 0.142. The lowest BCUT2D eigenvalue weighted by molar-refractivity contribution is -0.132. The molecule has 1 fully saturated rings. The molecule has 1 aromatic carbocycles. The van der Waals surface area contributed by atoms with Gasteiger partial charge >= 0.3 is 0 Å². The number of hydrogen-bond acceptors (Lipinski definition) is 3. The van der Waals surface area contributed by atoms with Gasteiger partial charge in [-0.05, 0) is 49.8 Å². The maximum Gasteiger partial charge on any atom is 0.222 e. The van der Waals surface area contributed by atoms with Crippen LogP contribution < -0.4 is 0 Å². The summed E-state index contributed by atoms with van der Waals surface area (Å²) >= 11 is 0. The van der Waals surface area contributed by atoms with Gasteiger partial charge in [0, 0.05) is 26.6 Å². The summed E-state index contributed by atoms with van der Waals surface area (Å²) in [7, 11) is 1.68. The van der Waals surface area contributed by atoms with Crippen molar-refractivity contribution in [2.24, 2.45) is 0 Å². The van der Waals surface area contributed by atoms with E-state index in [2.05, 4.69) is 0 Å². The van der Waals surface area contributed by atoms with Crippen molar-refractivity contribution in [3.8, 4) is 5.75 Å². The zero-order valence-electron chi connectivity index (χ0n) is 12.9. The molecule has 1 heterocycles. The van der Waals surface area contributed by atoms with Crippen molar-refractivity contribution in [2.75, 3.05) is 20.2 Å². The Kier molecular flexibility index (Phi) is 5.62. The molecule has 0 aliphatic carbocycles. The van der Waals surface area contributed by atoms with Crippen molar-refractivity contribution in [2.45, 2.75) is 44.6 Å². The fourth-order valence-electron chi connectivity index (χ4n) is 2.81. The molecule has 0 saturated carbocycles. The molecule has 0 spiro atoms. The third kappa shape index (κ3) is 4.46. The summed E-state index contributed by atoms with van der Waals surface area (Å²) in [6, 6.07) is 7.44. The summed E-state index contributed by atoms with van der Waals surface area (Å²) in [6.45, 7) is 3.64. The van der Waals surface area contributed by atoms with E-state index in [0.29, 0.717) is 18.1 Å². The number of piperidine rings is 1. The van der Waals surface area contributed by atoms with Crippen molar-refractivity contribution in [1.82, 2.24) is 4.90 Å². The van der Waals surface area contributed by atoms with Crippen molar-refractivity contribution >= 4 is 5.91 Å². The van der Waals surface area contributed by atoms with Crippen molar-refractivity contribution in [3.05, 3.63) is 29.8 Å². The predicted molar refractivity (Wildman–Crippen MR) is 82.4 cm³/mol. The molecule has 0 radical (unpaired) electrons. The molecule has 1 aromatic rings. The normalized spacial score (nSPS) is 17.7. The summed E-state index contributed by atoms with van der Waals surface area (Å²) in [5.74, 6) is 1.04. The standard InChI is InChI=1S/C17H25NO3/c1-13(21-2)3-8-17(20)18-11-9-15(10-12-18)14-4-6-16(19)7-5-14/h4-7,13,15,19H,3,8-12H2,1-2H3. The van der Waals surface area contributed by atoms with E-state index in [-0.39, 0.29) is 12.0 Å². The number of phenolic OH excluding ortho intramolecular Hbond substituents is 1. The van der Waals surface area contributed by atoms with E-state index in [1.165, 1.54) is 5.56 Å². The summed E-state index contributed by atoms with van der Waals surface area (Å²) in [6.07, 6.45) is 3.49. The van der Waals surface area contributed by atoms with Crippen LogP contribution in [0, 0.1) is 0 Å². The minimum Gasteiger partial charge on any atom is -0.508 e. The number of carbonyl (C=O) groups excluding carboxylic acids is 1. The van der Waals surface area contributed by atoms with Crippen LogP contribution in [0.4, 0.5) is 0 Å². The highest BCUT2D eigenvalue weighted by Gasteiger charge is 2.23. The molecule has 1 aliphatic rings. The van der Waals surface area contributed by atoms with Gasteiger partial charge in [-0.15, -0.1) is 0 Å². The van der Waals surface area contributed by atoms with Crippen molar-refractivity contribution in [3.63, 3.8) is 0 Å². The highest BCUT2D eigenvalue weighted by Crippen LogP contribution is 2.29. The number of nitrogens with zero attached hydrogens (tertiary/aromatic N) is 1. The van der Waals surface area contributed by atoms with Gasteiger partial charge in [0.25, 0.3) is 0 Å². The molecule has 1 atom stereocenters. The third-order valence-corrected chi connectivity index (χ3v) is 4.38. The molecule has 0 bridgehead atoms. The Morgan fingerprint density at radius 3 is 2.52 bits per heavy atom. The van der Waals surface area contributed by atoms with Crippen LogP contribution in [-0.4, -0.2) is 42.2 Å². The quantitative estimate of drug-likeness (QED) is 0.907. The number of methoxy groups -OCH3 is 1. The Hall–Kier alpha value is -1.55. The number of likely N-dealkylation sites (tertiary alicyclic amines) is 1. The van der Waals surface area contributed by atoms with Crippen LogP contribution in [0.3, 0.4) is 0 Å². The fraction of sp³-hybridized carbons (Fsp3) is 0.588. The first-order valence-corrected chi connectivity index (χ1v) is 7.69. The molecule has 1 amide bonds. The molecule has 4 heteroatoms. The van der Waals surface area contributed by atoms with Gasteiger partial charge in [-0.3, -0.25) is 4.79 Å². The number of ether oxygens (including phenoxy) is 1. The number of benzene rings is 1. The van der Waals surface area contributed by atoms with E-state index < -0.39 is 0 Å². The molecule has 4 nitrogen and oxygen atoms in total. The first kappa shape index (κ1) is 15.8. The van der Waals surface area contributed by atoms with Gasteiger partial charge in [0.15, 0.2) is 0 Å². The Morgan fingerprint density at radius 2 is 1.95 bits per heavy atom. The summed E-state index contributed by atoms with van der Waals surface area (Å²) < 4.78 is 5.18. The van der Waals surface area contributed by atoms with E-state index in [4.69, 9.17) is 4.74 Å². The van der Waals surface area contributed by atoms with Crippen LogP contribution in [0.15, 0.2) is 24.3 Å². The maximum absolute atomic E-state index is 12.1. The van der Waals surface area contributed by atoms with Gasteiger partial charge in [0.1, 0.15) is 5.75 Å². The van der Waals surface area contributed by atoms with Gasteiger partial charge in [0.2, 0.25) is 5.91 Å². The molecule has 1 unspecified atom stereocenters. The zero-order valence-corrected chi connectivity index (χ0v) is 12.9. The first-order valence-electron chi connectivity index (χ1n) is 7.69. The van der Waals surface area contributed by atoms with Crippen molar-refractivity contribution < 1.29 is 14.6 Å². The molecule has 116 valence electrons. The maximum atomic E-state index is 12.1. The second-order valence-corrected chi connectivity index (χ2v) is 5.83. The summed E-state index contributed by atoms with van der Waals surface area (Å²) in [5.41, 5.74) is 1.26. The van der Waals surface area contributed by atoms with E-state index >= 15 is 0 Å². The lowest BCUT2D eigenvalue weighted by Crippen LogP contribution is -2.38. The smallest absolute Gasteiger partial charge is 0.222 e. The fourth-order valence-corrected chi connectivity index (χ4v) is 2.81. The first-order chi connectivity index (χ1) is 10.1. The minimum absolute atomic E-state index is 0.142. The number of aromatic hydroxyl groups is 1. The van der Waals surface area contributed by atoms with E-state index in [0.717, 1.165) is 32.4 Å². The van der Waals surface area contributed by atoms with Gasteiger partial charge in [0.05, 0.1) is 6.10 Å². The highest BCUT2D eigenvalue weighted by atomic mass is 16.5. The van der Waals surface area contributed by atoms with Gasteiger partial charge in [-0.1, -0.05) is 12.1 Å². The highest BCUT2D eigenvalue weighted by molar-refractivity contribution is 5.76. The number of rotatable bonds is 5. The van der Waals surface area contributed by atoms with Crippen LogP contribution in [0.5, 0.6) is 5.75 Å². The predicted octanol–water partition coefficient (Wildman–Crippen LogP) is 2.91. The third-order valence-electron chi connectivity index (χ3n) is 4.38. The second-order valence-electron chi connectivity index (χ2n) is 5.83. The molecule has 2 rings (SSSR count). The number of carbonyl (C=O) groups is 1. The number of phenols is 1. The van der Waals surface area contributed by atoms with Crippen molar-refractivity contribution in [1.29, 1.82) is 0 Å². The topological polar surface area (TPSA) is 49.8 Å². The summed E-state index contributed by atoms with van der Waals surface area (Å²) in [4.78, 5) is 14.1. The Labute approximate surface area is 126 Å². The van der Waals surface area contributed by atoms with Crippen LogP contribution >= 0.6 is 0 Å². The molecule has 1 aliphatic heterocycles. The average Bonchev–Trinajstić information content (AvgIpc) is 2.53. The zero-order chi connectivity index (χ0) is 15.2. The van der Waals surface area contributed by atoms with Crippen LogP contribution in [0.1, 0.15) is 44.1 Å². The lowest BCUT2D eigenvalue weighted by Gasteiger charge is -2.32. The van der Waals surface area contributed by atoms with Crippen LogP contribution in [0.2, 0.25) is 0 Å². The monoisotopic (exact) mass is 291 g/mol. The van der Waals surface area contributed by atoms with E-state index in [1.807, 2.05) is 24.0 Å². The largest absolute Gasteiger partial charge is 0.508 e. The molecular formula is C17H25NO3. The number of hydrogen-bond donors (Lipinski definition) is 1. The van der Waals surface area contributed by atoms with Crippen LogP contribution in [0.25, 0.3) is 0 Å². The molecule has 0 aromatic heterocycles. The molecule has 1 saturated heterocycles. The average molecular weight is 291 g/mol. The van der Waals surface area contributed by atoms with Gasteiger partial charge in [-0.25, -0.2) is 0 Å². The Balaban J connectivity index is 1.80. The van der Waals surface area contributed by atoms with Gasteiger partial charge < -0.3 is 14.7 Å². The van der Waals surface area contributed by atoms with Gasteiger partial charge in [-0.2, -0.15) is 0 Å².